The maximum absolute atomic E-state index is 12.2. The topological polar surface area (TPSA) is 32.3 Å². The molecule has 1 aromatic carbocycles. The molecule has 1 aliphatic heterocycles. The van der Waals surface area contributed by atoms with Crippen molar-refractivity contribution in [3.63, 3.8) is 0 Å². The first-order valence-electron chi connectivity index (χ1n) is 6.69. The molecule has 21 heavy (non-hydrogen) atoms. The summed E-state index contributed by atoms with van der Waals surface area (Å²) in [6, 6.07) is 4.98. The summed E-state index contributed by atoms with van der Waals surface area (Å²) >= 11 is 18.7. The lowest BCUT2D eigenvalue weighted by molar-refractivity contribution is -0.115. The number of thioether (sulfide) groups is 1. The summed E-state index contributed by atoms with van der Waals surface area (Å²) in [5, 5.41) is 3.50. The maximum Gasteiger partial charge on any atom is 0.237 e. The van der Waals surface area contributed by atoms with E-state index < -0.39 is 0 Å². The van der Waals surface area contributed by atoms with Gasteiger partial charge in [0.05, 0.1) is 16.0 Å². The van der Waals surface area contributed by atoms with Crippen LogP contribution < -0.4 is 5.32 Å². The molecule has 0 spiro atoms. The average molecular weight is 363 g/mol. The van der Waals surface area contributed by atoms with Gasteiger partial charge in [0.1, 0.15) is 4.32 Å². The van der Waals surface area contributed by atoms with Crippen molar-refractivity contribution in [3.05, 3.63) is 28.2 Å². The molecule has 0 bridgehead atoms. The number of hydrogen-bond donors (Lipinski definition) is 1. The number of thiocarbonyl (C=S) groups is 1. The van der Waals surface area contributed by atoms with E-state index in [1.165, 1.54) is 24.6 Å². The van der Waals surface area contributed by atoms with Gasteiger partial charge in [0.2, 0.25) is 5.91 Å². The van der Waals surface area contributed by atoms with Gasteiger partial charge in [0, 0.05) is 18.1 Å². The Hall–Kier alpha value is -0.490. The van der Waals surface area contributed by atoms with E-state index in [1.807, 2.05) is 6.92 Å². The van der Waals surface area contributed by atoms with E-state index >= 15 is 0 Å². The van der Waals surface area contributed by atoms with E-state index in [0.29, 0.717) is 15.7 Å². The highest BCUT2D eigenvalue weighted by Crippen LogP contribution is 2.27. The van der Waals surface area contributed by atoms with E-state index in [2.05, 4.69) is 10.2 Å². The Morgan fingerprint density at radius 2 is 2.05 bits per heavy atom. The summed E-state index contributed by atoms with van der Waals surface area (Å²) in [7, 11) is 0. The van der Waals surface area contributed by atoms with Crippen LogP contribution in [0.3, 0.4) is 0 Å². The van der Waals surface area contributed by atoms with Crippen molar-refractivity contribution in [2.24, 2.45) is 0 Å². The number of nitrogens with zero attached hydrogens (tertiary/aromatic N) is 1. The van der Waals surface area contributed by atoms with Gasteiger partial charge in [0.25, 0.3) is 0 Å². The van der Waals surface area contributed by atoms with Crippen molar-refractivity contribution in [1.82, 2.24) is 4.90 Å². The van der Waals surface area contributed by atoms with Crippen molar-refractivity contribution in [3.8, 4) is 0 Å². The molecule has 1 aromatic rings. The Morgan fingerprint density at radius 1 is 1.38 bits per heavy atom. The van der Waals surface area contributed by atoms with Gasteiger partial charge < -0.3 is 10.2 Å². The van der Waals surface area contributed by atoms with Crippen LogP contribution in [-0.4, -0.2) is 33.5 Å². The molecule has 1 heterocycles. The van der Waals surface area contributed by atoms with Gasteiger partial charge in [0.15, 0.2) is 0 Å². The molecule has 0 aromatic heterocycles. The number of anilines is 1. The van der Waals surface area contributed by atoms with Crippen LogP contribution in [-0.2, 0) is 4.79 Å². The Morgan fingerprint density at radius 3 is 2.71 bits per heavy atom. The van der Waals surface area contributed by atoms with Gasteiger partial charge in [-0.1, -0.05) is 47.2 Å². The number of benzene rings is 1. The number of likely N-dealkylation sites (tertiary alicyclic amines) is 1. The molecule has 1 aliphatic rings. The van der Waals surface area contributed by atoms with Crippen molar-refractivity contribution < 1.29 is 4.79 Å². The van der Waals surface area contributed by atoms with Crippen molar-refractivity contribution >= 4 is 63.1 Å². The molecule has 3 nitrogen and oxygen atoms in total. The van der Waals surface area contributed by atoms with Gasteiger partial charge in [-0.2, -0.15) is 0 Å². The predicted octanol–water partition coefficient (Wildman–Crippen LogP) is 4.43. The van der Waals surface area contributed by atoms with E-state index in [0.717, 1.165) is 17.4 Å². The minimum atomic E-state index is -0.284. The van der Waals surface area contributed by atoms with Crippen molar-refractivity contribution in [2.45, 2.75) is 25.0 Å². The fourth-order valence-electron chi connectivity index (χ4n) is 2.01. The number of halogens is 2. The van der Waals surface area contributed by atoms with Crippen LogP contribution in [0.25, 0.3) is 0 Å². The summed E-state index contributed by atoms with van der Waals surface area (Å²) < 4.78 is 0.785. The molecule has 114 valence electrons. The van der Waals surface area contributed by atoms with Gasteiger partial charge in [-0.3, -0.25) is 4.79 Å². The molecular weight excluding hydrogens is 347 g/mol. The zero-order valence-corrected chi connectivity index (χ0v) is 14.7. The molecule has 1 amide bonds. The Kier molecular flexibility index (Phi) is 6.17. The molecule has 1 N–H and O–H groups in total. The monoisotopic (exact) mass is 362 g/mol. The minimum absolute atomic E-state index is 0.134. The number of rotatable bonds is 3. The first-order valence-corrected chi connectivity index (χ1v) is 8.73. The molecule has 2 rings (SSSR count). The molecule has 0 radical (unpaired) electrons. The van der Waals surface area contributed by atoms with Crippen LogP contribution in [0, 0.1) is 0 Å². The first-order chi connectivity index (χ1) is 9.97. The standard InChI is InChI=1S/C14H16Cl2N2OS2/c1-9(21-14(20)18-6-2-3-7-18)13(19)17-12-8-10(15)4-5-11(12)16/h4-5,8-9H,2-3,6-7H2,1H3,(H,17,19). The average Bonchev–Trinajstić information content (AvgIpc) is 2.97. The van der Waals surface area contributed by atoms with Crippen molar-refractivity contribution in [1.29, 1.82) is 0 Å². The second-order valence-corrected chi connectivity index (χ2v) is 7.65. The van der Waals surface area contributed by atoms with Crippen LogP contribution in [0.15, 0.2) is 18.2 Å². The molecule has 1 saturated heterocycles. The predicted molar refractivity (Wildman–Crippen MR) is 95.5 cm³/mol. The highest BCUT2D eigenvalue weighted by molar-refractivity contribution is 8.23. The number of hydrogen-bond acceptors (Lipinski definition) is 3. The Labute approximate surface area is 144 Å². The summed E-state index contributed by atoms with van der Waals surface area (Å²) in [4.78, 5) is 14.4. The van der Waals surface area contributed by atoms with Crippen LogP contribution >= 0.6 is 47.2 Å². The second kappa shape index (κ2) is 7.68. The van der Waals surface area contributed by atoms with Gasteiger partial charge >= 0.3 is 0 Å². The molecule has 0 saturated carbocycles. The quantitative estimate of drug-likeness (QED) is 0.805. The summed E-state index contributed by atoms with van der Waals surface area (Å²) in [5.74, 6) is -0.134. The molecule has 0 aliphatic carbocycles. The SMILES string of the molecule is CC(SC(=S)N1CCCC1)C(=O)Nc1cc(Cl)ccc1Cl. The largest absolute Gasteiger partial charge is 0.358 e. The first kappa shape index (κ1) is 16.9. The van der Waals surface area contributed by atoms with Gasteiger partial charge in [-0.15, -0.1) is 0 Å². The van der Waals surface area contributed by atoms with Crippen LogP contribution in [0.4, 0.5) is 5.69 Å². The van der Waals surface area contributed by atoms with E-state index in [-0.39, 0.29) is 11.2 Å². The minimum Gasteiger partial charge on any atom is -0.358 e. The van der Waals surface area contributed by atoms with Crippen molar-refractivity contribution in [2.75, 3.05) is 18.4 Å². The lowest BCUT2D eigenvalue weighted by Crippen LogP contribution is -2.29. The summed E-state index contributed by atoms with van der Waals surface area (Å²) in [6.45, 7) is 3.81. The fourth-order valence-corrected chi connectivity index (χ4v) is 3.76. The van der Waals surface area contributed by atoms with Gasteiger partial charge in [-0.05, 0) is 38.0 Å². The smallest absolute Gasteiger partial charge is 0.237 e. The molecule has 1 atom stereocenters. The highest BCUT2D eigenvalue weighted by Gasteiger charge is 2.21. The zero-order chi connectivity index (χ0) is 15.4. The van der Waals surface area contributed by atoms with Crippen LogP contribution in [0.1, 0.15) is 19.8 Å². The van der Waals surface area contributed by atoms with Gasteiger partial charge in [-0.25, -0.2) is 0 Å². The number of amides is 1. The van der Waals surface area contributed by atoms with E-state index in [4.69, 9.17) is 35.4 Å². The summed E-state index contributed by atoms with van der Waals surface area (Å²) in [5.41, 5.74) is 0.522. The van der Waals surface area contributed by atoms with E-state index in [9.17, 15) is 4.79 Å². The highest BCUT2D eigenvalue weighted by atomic mass is 35.5. The van der Waals surface area contributed by atoms with E-state index in [1.54, 1.807) is 18.2 Å². The number of nitrogens with one attached hydrogen (secondary N) is 1. The summed E-state index contributed by atoms with van der Waals surface area (Å²) in [6.07, 6.45) is 2.33. The molecular formula is C14H16Cl2N2OS2. The maximum atomic E-state index is 12.2. The normalized spacial score (nSPS) is 15.9. The molecule has 1 fully saturated rings. The Balaban J connectivity index is 1.93. The van der Waals surface area contributed by atoms with Crippen LogP contribution in [0.2, 0.25) is 10.0 Å². The third-order valence-corrected chi connectivity index (χ3v) is 5.34. The lowest BCUT2D eigenvalue weighted by atomic mass is 10.3. The lowest BCUT2D eigenvalue weighted by Gasteiger charge is -2.20. The number of carbonyl (C=O) groups excluding carboxylic acids is 1. The Bertz CT molecular complexity index is 548. The third-order valence-electron chi connectivity index (χ3n) is 3.20. The third kappa shape index (κ3) is 4.74. The zero-order valence-electron chi connectivity index (χ0n) is 11.6. The second-order valence-electron chi connectivity index (χ2n) is 4.83. The molecule has 7 heteroatoms. The van der Waals surface area contributed by atoms with Crippen LogP contribution in [0.5, 0.6) is 0 Å². The number of carbonyl (C=O) groups is 1. The molecule has 1 unspecified atom stereocenters. The fraction of sp³-hybridized carbons (Fsp3) is 0.429.